The van der Waals surface area contributed by atoms with Crippen LogP contribution in [0.3, 0.4) is 0 Å². The highest BCUT2D eigenvalue weighted by Gasteiger charge is 2.07. The van der Waals surface area contributed by atoms with Crippen molar-refractivity contribution in [3.05, 3.63) is 35.6 Å². The first-order valence-electron chi connectivity index (χ1n) is 5.88. The minimum absolute atomic E-state index is 0.00113. The predicted molar refractivity (Wildman–Crippen MR) is 67.7 cm³/mol. The van der Waals surface area contributed by atoms with Crippen molar-refractivity contribution < 1.29 is 13.9 Å². The van der Waals surface area contributed by atoms with Gasteiger partial charge in [-0.25, -0.2) is 4.39 Å². The molecule has 1 amide bonds. The predicted octanol–water partition coefficient (Wildman–Crippen LogP) is 1.24. The van der Waals surface area contributed by atoms with Crippen LogP contribution < -0.4 is 10.6 Å². The summed E-state index contributed by atoms with van der Waals surface area (Å²) in [5.74, 6) is -0.343. The maximum Gasteiger partial charge on any atom is 0.234 e. The molecule has 0 unspecified atom stereocenters. The second-order valence-electron chi connectivity index (χ2n) is 4.00. The summed E-state index contributed by atoms with van der Waals surface area (Å²) in [5, 5.41) is 5.78. The maximum atomic E-state index is 12.7. The molecule has 4 nitrogen and oxygen atoms in total. The lowest BCUT2D eigenvalue weighted by atomic mass is 10.1. The van der Waals surface area contributed by atoms with Crippen molar-refractivity contribution in [2.45, 2.75) is 13.0 Å². The van der Waals surface area contributed by atoms with Crippen molar-refractivity contribution >= 4 is 5.91 Å². The molecule has 0 saturated heterocycles. The van der Waals surface area contributed by atoms with Crippen LogP contribution in [0.25, 0.3) is 0 Å². The Bertz CT molecular complexity index is 368. The van der Waals surface area contributed by atoms with Gasteiger partial charge in [0.15, 0.2) is 0 Å². The van der Waals surface area contributed by atoms with Gasteiger partial charge in [0.05, 0.1) is 13.2 Å². The Morgan fingerprint density at radius 1 is 1.39 bits per heavy atom. The number of nitrogens with one attached hydrogen (secondary N) is 2. The second-order valence-corrected chi connectivity index (χ2v) is 4.00. The molecule has 0 aliphatic heterocycles. The normalized spacial score (nSPS) is 12.2. The number of rotatable bonds is 7. The molecule has 100 valence electrons. The number of methoxy groups -OCH3 is 1. The highest BCUT2D eigenvalue weighted by molar-refractivity contribution is 5.78. The van der Waals surface area contributed by atoms with E-state index in [4.69, 9.17) is 4.74 Å². The highest BCUT2D eigenvalue weighted by Crippen LogP contribution is 2.12. The zero-order chi connectivity index (χ0) is 13.4. The van der Waals surface area contributed by atoms with Crippen LogP contribution in [0.15, 0.2) is 24.3 Å². The molecule has 0 heterocycles. The smallest absolute Gasteiger partial charge is 0.234 e. The Hall–Kier alpha value is -1.46. The number of hydrogen-bond acceptors (Lipinski definition) is 3. The zero-order valence-corrected chi connectivity index (χ0v) is 10.7. The van der Waals surface area contributed by atoms with Crippen LogP contribution in [-0.4, -0.2) is 32.7 Å². The zero-order valence-electron chi connectivity index (χ0n) is 10.7. The number of carbonyl (C=O) groups is 1. The summed E-state index contributed by atoms with van der Waals surface area (Å²) in [6, 6.07) is 6.23. The molecule has 0 fully saturated rings. The van der Waals surface area contributed by atoms with Crippen molar-refractivity contribution in [1.82, 2.24) is 10.6 Å². The standard InChI is InChI=1S/C13H19FN2O2/c1-10(11-3-5-12(14)6-4-11)16-9-13(17)15-7-8-18-2/h3-6,10,16H,7-9H2,1-2H3,(H,15,17)/t10-/m1/s1. The topological polar surface area (TPSA) is 50.4 Å². The third-order valence-electron chi connectivity index (χ3n) is 2.57. The van der Waals surface area contributed by atoms with Crippen LogP contribution in [0.4, 0.5) is 4.39 Å². The Balaban J connectivity index is 2.30. The fourth-order valence-electron chi connectivity index (χ4n) is 1.47. The number of hydrogen-bond donors (Lipinski definition) is 2. The van der Waals surface area contributed by atoms with Gasteiger partial charge in [-0.05, 0) is 24.6 Å². The largest absolute Gasteiger partial charge is 0.383 e. The summed E-state index contributed by atoms with van der Waals surface area (Å²) < 4.78 is 17.6. The Labute approximate surface area is 107 Å². The van der Waals surface area contributed by atoms with Crippen molar-refractivity contribution in [2.75, 3.05) is 26.8 Å². The van der Waals surface area contributed by atoms with Gasteiger partial charge in [0.2, 0.25) is 5.91 Å². The molecule has 0 aliphatic rings. The van der Waals surface area contributed by atoms with E-state index in [0.717, 1.165) is 5.56 Å². The van der Waals surface area contributed by atoms with E-state index < -0.39 is 0 Å². The molecule has 1 atom stereocenters. The van der Waals surface area contributed by atoms with Crippen LogP contribution in [0.1, 0.15) is 18.5 Å². The van der Waals surface area contributed by atoms with Gasteiger partial charge < -0.3 is 15.4 Å². The van der Waals surface area contributed by atoms with Crippen molar-refractivity contribution in [1.29, 1.82) is 0 Å². The fourth-order valence-corrected chi connectivity index (χ4v) is 1.47. The number of halogens is 1. The van der Waals surface area contributed by atoms with Crippen molar-refractivity contribution in [3.63, 3.8) is 0 Å². The maximum absolute atomic E-state index is 12.7. The summed E-state index contributed by atoms with van der Waals surface area (Å²) in [4.78, 5) is 11.4. The van der Waals surface area contributed by atoms with Crippen LogP contribution in [0.2, 0.25) is 0 Å². The van der Waals surface area contributed by atoms with Crippen LogP contribution in [-0.2, 0) is 9.53 Å². The van der Waals surface area contributed by atoms with Gasteiger partial charge in [-0.1, -0.05) is 12.1 Å². The number of ether oxygens (including phenoxy) is 1. The van der Waals surface area contributed by atoms with Gasteiger partial charge in [-0.3, -0.25) is 4.79 Å². The third-order valence-corrected chi connectivity index (χ3v) is 2.57. The second kappa shape index (κ2) is 7.79. The summed E-state index contributed by atoms with van der Waals surface area (Å²) in [5.41, 5.74) is 0.945. The molecule has 1 aromatic carbocycles. The summed E-state index contributed by atoms with van der Waals surface area (Å²) >= 11 is 0. The summed E-state index contributed by atoms with van der Waals surface area (Å²) in [6.07, 6.45) is 0. The first-order valence-corrected chi connectivity index (χ1v) is 5.88. The molecule has 0 aliphatic carbocycles. The lowest BCUT2D eigenvalue weighted by Gasteiger charge is -2.14. The highest BCUT2D eigenvalue weighted by atomic mass is 19.1. The van der Waals surface area contributed by atoms with E-state index in [1.54, 1.807) is 19.2 Å². The molecule has 1 rings (SSSR count). The monoisotopic (exact) mass is 254 g/mol. The molecular formula is C13H19FN2O2. The van der Waals surface area contributed by atoms with E-state index in [9.17, 15) is 9.18 Å². The van der Waals surface area contributed by atoms with Crippen molar-refractivity contribution in [2.24, 2.45) is 0 Å². The van der Waals surface area contributed by atoms with Gasteiger partial charge in [-0.15, -0.1) is 0 Å². The average Bonchev–Trinajstić information content (AvgIpc) is 2.37. The van der Waals surface area contributed by atoms with Gasteiger partial charge in [0.25, 0.3) is 0 Å². The SMILES string of the molecule is COCCNC(=O)CN[C@H](C)c1ccc(F)cc1. The van der Waals surface area contributed by atoms with Crippen molar-refractivity contribution in [3.8, 4) is 0 Å². The average molecular weight is 254 g/mol. The van der Waals surface area contributed by atoms with Gasteiger partial charge >= 0.3 is 0 Å². The molecule has 1 aromatic rings. The molecule has 0 radical (unpaired) electrons. The molecule has 0 saturated carbocycles. The Morgan fingerprint density at radius 3 is 2.67 bits per heavy atom. The first kappa shape index (κ1) is 14.6. The van der Waals surface area contributed by atoms with E-state index in [1.165, 1.54) is 12.1 Å². The Kier molecular flexibility index (Phi) is 6.32. The third kappa shape index (κ3) is 5.25. The molecule has 0 spiro atoms. The molecule has 2 N–H and O–H groups in total. The quantitative estimate of drug-likeness (QED) is 0.720. The number of carbonyl (C=O) groups excluding carboxylic acids is 1. The van der Waals surface area contributed by atoms with E-state index >= 15 is 0 Å². The van der Waals surface area contributed by atoms with E-state index in [0.29, 0.717) is 13.2 Å². The lowest BCUT2D eigenvalue weighted by molar-refractivity contribution is -0.120. The molecule has 0 bridgehead atoms. The van der Waals surface area contributed by atoms with E-state index in [2.05, 4.69) is 10.6 Å². The lowest BCUT2D eigenvalue weighted by Crippen LogP contribution is -2.36. The van der Waals surface area contributed by atoms with Gasteiger partial charge in [0, 0.05) is 19.7 Å². The number of benzene rings is 1. The fraction of sp³-hybridized carbons (Fsp3) is 0.462. The molecule has 18 heavy (non-hydrogen) atoms. The minimum atomic E-state index is -0.261. The first-order chi connectivity index (χ1) is 8.63. The van der Waals surface area contributed by atoms with E-state index in [1.807, 2.05) is 6.92 Å². The van der Waals surface area contributed by atoms with Gasteiger partial charge in [0.1, 0.15) is 5.82 Å². The molecule has 5 heteroatoms. The molecular weight excluding hydrogens is 235 g/mol. The Morgan fingerprint density at radius 2 is 2.06 bits per heavy atom. The van der Waals surface area contributed by atoms with Gasteiger partial charge in [-0.2, -0.15) is 0 Å². The van der Waals surface area contributed by atoms with Crippen LogP contribution in [0, 0.1) is 5.82 Å². The van der Waals surface area contributed by atoms with Crippen LogP contribution in [0.5, 0.6) is 0 Å². The minimum Gasteiger partial charge on any atom is -0.383 e. The van der Waals surface area contributed by atoms with Crippen LogP contribution >= 0.6 is 0 Å². The molecule has 0 aromatic heterocycles. The summed E-state index contributed by atoms with van der Waals surface area (Å²) in [6.45, 7) is 3.15. The summed E-state index contributed by atoms with van der Waals surface area (Å²) in [7, 11) is 1.58. The van der Waals surface area contributed by atoms with E-state index in [-0.39, 0.29) is 24.3 Å². The number of amides is 1.